The van der Waals surface area contributed by atoms with Crippen molar-refractivity contribution >= 4 is 15.7 Å². The predicted molar refractivity (Wildman–Crippen MR) is 70.0 cm³/mol. The van der Waals surface area contributed by atoms with E-state index >= 15 is 0 Å². The third kappa shape index (κ3) is 3.43. The Labute approximate surface area is 112 Å². The lowest BCUT2D eigenvalue weighted by Gasteiger charge is -2.21. The fraction of sp³-hybridized carbons (Fsp3) is 0.417. The molecule has 1 aromatic carbocycles. The highest BCUT2D eigenvalue weighted by molar-refractivity contribution is 7.89. The van der Waals surface area contributed by atoms with Gasteiger partial charge in [0.2, 0.25) is 10.0 Å². The second kappa shape index (κ2) is 5.99. The standard InChI is InChI=1S/C12H16FN3O2S/c1-3-16(8-9(2)7-14)19(17,18)12-6-10(15)4-5-11(12)13/h4-6,9H,3,8,15H2,1-2H3. The van der Waals surface area contributed by atoms with E-state index in [-0.39, 0.29) is 18.8 Å². The zero-order valence-electron chi connectivity index (χ0n) is 10.8. The first-order chi connectivity index (χ1) is 8.82. The Hall–Kier alpha value is -1.65. The van der Waals surface area contributed by atoms with Gasteiger partial charge in [-0.1, -0.05) is 6.92 Å². The molecule has 1 atom stereocenters. The highest BCUT2D eigenvalue weighted by Gasteiger charge is 2.27. The molecule has 1 aromatic rings. The van der Waals surface area contributed by atoms with E-state index in [0.717, 1.165) is 16.4 Å². The van der Waals surface area contributed by atoms with Gasteiger partial charge in [-0.05, 0) is 25.1 Å². The summed E-state index contributed by atoms with van der Waals surface area (Å²) >= 11 is 0. The molecule has 0 saturated heterocycles. The smallest absolute Gasteiger partial charge is 0.246 e. The minimum Gasteiger partial charge on any atom is -0.399 e. The summed E-state index contributed by atoms with van der Waals surface area (Å²) in [7, 11) is -3.98. The third-order valence-corrected chi connectivity index (χ3v) is 4.58. The van der Waals surface area contributed by atoms with Crippen molar-refractivity contribution in [2.75, 3.05) is 18.8 Å². The lowest BCUT2D eigenvalue weighted by molar-refractivity contribution is 0.397. The lowest BCUT2D eigenvalue weighted by Crippen LogP contribution is -2.34. The Morgan fingerprint density at radius 2 is 2.16 bits per heavy atom. The van der Waals surface area contributed by atoms with Gasteiger partial charge in [0.15, 0.2) is 0 Å². The van der Waals surface area contributed by atoms with Gasteiger partial charge in [0.05, 0.1) is 12.0 Å². The molecule has 0 heterocycles. The Balaban J connectivity index is 3.21. The molecule has 0 aliphatic rings. The molecule has 1 unspecified atom stereocenters. The molecule has 0 aliphatic carbocycles. The monoisotopic (exact) mass is 285 g/mol. The van der Waals surface area contributed by atoms with Crippen LogP contribution < -0.4 is 5.73 Å². The number of anilines is 1. The van der Waals surface area contributed by atoms with E-state index in [1.54, 1.807) is 13.8 Å². The molecule has 0 amide bonds. The van der Waals surface area contributed by atoms with E-state index in [2.05, 4.69) is 0 Å². The second-order valence-corrected chi connectivity index (χ2v) is 6.08. The molecule has 0 saturated carbocycles. The van der Waals surface area contributed by atoms with Crippen molar-refractivity contribution in [1.29, 1.82) is 5.26 Å². The van der Waals surface area contributed by atoms with Crippen LogP contribution in [-0.4, -0.2) is 25.8 Å². The van der Waals surface area contributed by atoms with E-state index in [9.17, 15) is 12.8 Å². The van der Waals surface area contributed by atoms with Crippen LogP contribution in [0, 0.1) is 23.1 Å². The number of sulfonamides is 1. The minimum absolute atomic E-state index is 0.0174. The van der Waals surface area contributed by atoms with Gasteiger partial charge in [-0.3, -0.25) is 0 Å². The summed E-state index contributed by atoms with van der Waals surface area (Å²) in [6.07, 6.45) is 0. The van der Waals surface area contributed by atoms with Crippen molar-refractivity contribution in [3.63, 3.8) is 0 Å². The molecule has 0 aliphatic heterocycles. The first kappa shape index (κ1) is 15.4. The van der Waals surface area contributed by atoms with E-state index in [4.69, 9.17) is 11.0 Å². The molecule has 7 heteroatoms. The predicted octanol–water partition coefficient (Wildman–Crippen LogP) is 1.58. The Morgan fingerprint density at radius 1 is 1.53 bits per heavy atom. The number of halogens is 1. The summed E-state index contributed by atoms with van der Waals surface area (Å²) in [5.74, 6) is -1.32. The summed E-state index contributed by atoms with van der Waals surface area (Å²) in [6.45, 7) is 3.41. The Kier molecular flexibility index (Phi) is 4.86. The second-order valence-electron chi connectivity index (χ2n) is 4.18. The number of nitrogens with zero attached hydrogens (tertiary/aromatic N) is 2. The molecule has 2 N–H and O–H groups in total. The minimum atomic E-state index is -3.98. The van der Waals surface area contributed by atoms with Crippen LogP contribution in [0.25, 0.3) is 0 Å². The fourth-order valence-corrected chi connectivity index (χ4v) is 3.24. The summed E-state index contributed by atoms with van der Waals surface area (Å²) in [6, 6.07) is 5.35. The van der Waals surface area contributed by atoms with Crippen LogP contribution in [0.3, 0.4) is 0 Å². The van der Waals surface area contributed by atoms with Gasteiger partial charge in [-0.2, -0.15) is 9.57 Å². The van der Waals surface area contributed by atoms with E-state index in [1.807, 2.05) is 6.07 Å². The summed E-state index contributed by atoms with van der Waals surface area (Å²) < 4.78 is 39.3. The van der Waals surface area contributed by atoms with Crippen molar-refractivity contribution < 1.29 is 12.8 Å². The lowest BCUT2D eigenvalue weighted by atomic mass is 10.2. The number of nitrogen functional groups attached to an aromatic ring is 1. The molecule has 0 fully saturated rings. The first-order valence-corrected chi connectivity index (χ1v) is 7.21. The molecule has 19 heavy (non-hydrogen) atoms. The maximum Gasteiger partial charge on any atom is 0.246 e. The van der Waals surface area contributed by atoms with Gasteiger partial charge in [-0.25, -0.2) is 12.8 Å². The molecular formula is C12H16FN3O2S. The molecule has 0 aromatic heterocycles. The zero-order valence-corrected chi connectivity index (χ0v) is 11.6. The average molecular weight is 285 g/mol. The molecule has 104 valence electrons. The summed E-state index contributed by atoms with van der Waals surface area (Å²) in [5, 5.41) is 8.75. The fourth-order valence-electron chi connectivity index (χ4n) is 1.60. The molecule has 0 bridgehead atoms. The van der Waals surface area contributed by atoms with Crippen LogP contribution in [0.1, 0.15) is 13.8 Å². The molecule has 5 nitrogen and oxygen atoms in total. The van der Waals surface area contributed by atoms with Crippen molar-refractivity contribution in [1.82, 2.24) is 4.31 Å². The van der Waals surface area contributed by atoms with Crippen molar-refractivity contribution in [3.05, 3.63) is 24.0 Å². The van der Waals surface area contributed by atoms with Crippen molar-refractivity contribution in [3.8, 4) is 6.07 Å². The molecule has 1 rings (SSSR count). The van der Waals surface area contributed by atoms with Gasteiger partial charge >= 0.3 is 0 Å². The number of nitrogens with two attached hydrogens (primary N) is 1. The topological polar surface area (TPSA) is 87.2 Å². The highest BCUT2D eigenvalue weighted by Crippen LogP contribution is 2.22. The van der Waals surface area contributed by atoms with E-state index in [1.165, 1.54) is 6.07 Å². The maximum absolute atomic E-state index is 13.7. The number of nitriles is 1. The zero-order chi connectivity index (χ0) is 14.6. The number of benzene rings is 1. The van der Waals surface area contributed by atoms with E-state index in [0.29, 0.717) is 0 Å². The quantitative estimate of drug-likeness (QED) is 0.832. The summed E-state index contributed by atoms with van der Waals surface area (Å²) in [5.41, 5.74) is 5.66. The number of hydrogen-bond donors (Lipinski definition) is 1. The van der Waals surface area contributed by atoms with Crippen LogP contribution in [0.15, 0.2) is 23.1 Å². The van der Waals surface area contributed by atoms with E-state index < -0.39 is 26.7 Å². The van der Waals surface area contributed by atoms with Gasteiger partial charge in [0.25, 0.3) is 0 Å². The van der Waals surface area contributed by atoms with Crippen LogP contribution >= 0.6 is 0 Å². The van der Waals surface area contributed by atoms with Crippen LogP contribution in [0.5, 0.6) is 0 Å². The number of hydrogen-bond acceptors (Lipinski definition) is 4. The third-order valence-electron chi connectivity index (χ3n) is 2.62. The van der Waals surface area contributed by atoms with Gasteiger partial charge in [0, 0.05) is 18.8 Å². The maximum atomic E-state index is 13.7. The van der Waals surface area contributed by atoms with Gasteiger partial charge in [0.1, 0.15) is 10.7 Å². The molecule has 0 spiro atoms. The normalized spacial score (nSPS) is 13.2. The Morgan fingerprint density at radius 3 is 2.68 bits per heavy atom. The highest BCUT2D eigenvalue weighted by atomic mass is 32.2. The van der Waals surface area contributed by atoms with Crippen molar-refractivity contribution in [2.45, 2.75) is 18.7 Å². The average Bonchev–Trinajstić information content (AvgIpc) is 2.37. The summed E-state index contributed by atoms with van der Waals surface area (Å²) in [4.78, 5) is -0.459. The SMILES string of the molecule is CCN(CC(C)C#N)S(=O)(=O)c1cc(N)ccc1F. The van der Waals surface area contributed by atoms with Crippen LogP contribution in [0.4, 0.5) is 10.1 Å². The molecular weight excluding hydrogens is 269 g/mol. The largest absolute Gasteiger partial charge is 0.399 e. The van der Waals surface area contributed by atoms with Gasteiger partial charge in [-0.15, -0.1) is 0 Å². The van der Waals surface area contributed by atoms with Crippen molar-refractivity contribution in [2.24, 2.45) is 5.92 Å². The molecule has 0 radical (unpaired) electrons. The van der Waals surface area contributed by atoms with Gasteiger partial charge < -0.3 is 5.73 Å². The number of rotatable bonds is 5. The Bertz CT molecular complexity index is 595. The first-order valence-electron chi connectivity index (χ1n) is 5.77. The van der Waals surface area contributed by atoms with Crippen LogP contribution in [-0.2, 0) is 10.0 Å². The van der Waals surface area contributed by atoms with Crippen LogP contribution in [0.2, 0.25) is 0 Å².